The van der Waals surface area contributed by atoms with E-state index in [0.717, 1.165) is 49.2 Å². The number of carbonyl (C=O) groups excluding carboxylic acids is 1. The van der Waals surface area contributed by atoms with Crippen molar-refractivity contribution in [1.29, 1.82) is 0 Å². The van der Waals surface area contributed by atoms with Crippen molar-refractivity contribution < 1.29 is 18.0 Å². The molecule has 32 heavy (non-hydrogen) atoms. The highest BCUT2D eigenvalue weighted by Crippen LogP contribution is 2.40. The molecule has 1 aromatic heterocycles. The third-order valence-corrected chi connectivity index (χ3v) is 6.41. The first-order chi connectivity index (χ1) is 15.4. The molecule has 3 aliphatic rings. The number of halogens is 3. The second-order valence-electron chi connectivity index (χ2n) is 8.47. The summed E-state index contributed by atoms with van der Waals surface area (Å²) in [5, 5.41) is 11.5. The van der Waals surface area contributed by atoms with Gasteiger partial charge >= 0.3 is 6.18 Å². The lowest BCUT2D eigenvalue weighted by molar-refractivity contribution is -0.137. The van der Waals surface area contributed by atoms with Crippen LogP contribution >= 0.6 is 0 Å². The Hall–Kier alpha value is -3.23. The number of pyridine rings is 1. The Morgan fingerprint density at radius 2 is 1.97 bits per heavy atom. The van der Waals surface area contributed by atoms with Crippen molar-refractivity contribution in [2.24, 2.45) is 16.1 Å². The van der Waals surface area contributed by atoms with Crippen molar-refractivity contribution in [1.82, 2.24) is 9.88 Å². The number of benzene rings is 1. The molecule has 2 fully saturated rings. The highest BCUT2D eigenvalue weighted by molar-refractivity contribution is 6.11. The van der Waals surface area contributed by atoms with Crippen LogP contribution in [0.15, 0.2) is 52.8 Å². The molecule has 3 heterocycles. The van der Waals surface area contributed by atoms with Crippen molar-refractivity contribution in [3.8, 4) is 0 Å². The van der Waals surface area contributed by atoms with Gasteiger partial charge in [0, 0.05) is 36.1 Å². The van der Waals surface area contributed by atoms with Crippen LogP contribution in [0, 0.1) is 5.92 Å². The number of hydrogen-bond donors (Lipinski definition) is 1. The minimum atomic E-state index is -4.41. The number of fused-ring (bicyclic) bond motifs is 2. The fourth-order valence-electron chi connectivity index (χ4n) is 4.93. The molecule has 9 heteroatoms. The first-order valence-corrected chi connectivity index (χ1v) is 10.7. The molecule has 1 saturated heterocycles. The fourth-order valence-corrected chi connectivity index (χ4v) is 4.93. The summed E-state index contributed by atoms with van der Waals surface area (Å²) < 4.78 is 38.4. The summed E-state index contributed by atoms with van der Waals surface area (Å²) in [6.07, 6.45) is 1.45. The molecule has 2 aromatic rings. The minimum Gasteiger partial charge on any atom is -0.365 e. The summed E-state index contributed by atoms with van der Waals surface area (Å²) in [6, 6.07) is 9.76. The highest BCUT2D eigenvalue weighted by Gasteiger charge is 2.47. The second kappa shape index (κ2) is 8.03. The van der Waals surface area contributed by atoms with Gasteiger partial charge in [-0.1, -0.05) is 18.2 Å². The lowest BCUT2D eigenvalue weighted by Crippen LogP contribution is -2.48. The number of amides is 1. The molecule has 0 radical (unpaired) electrons. The van der Waals surface area contributed by atoms with E-state index in [0.29, 0.717) is 23.8 Å². The standard InChI is InChI=1S/C23H22F3N5O/c24-23(25,26)15-7-8-21(27-12-15)29-19-10-14-11-20(19)31(13-14)22(32)17-5-2-1-4-16(17)18-6-3-9-28-30-18/h1-2,4-5,7-9,12,14,19-20H,3,6,10-11,13H2,(H,27,29). The van der Waals surface area contributed by atoms with E-state index < -0.39 is 11.7 Å². The zero-order valence-corrected chi connectivity index (χ0v) is 17.2. The molecule has 5 rings (SSSR count). The molecule has 1 amide bonds. The Morgan fingerprint density at radius 1 is 1.12 bits per heavy atom. The average Bonchev–Trinajstić information content (AvgIpc) is 3.40. The smallest absolute Gasteiger partial charge is 0.365 e. The van der Waals surface area contributed by atoms with Gasteiger partial charge < -0.3 is 10.2 Å². The van der Waals surface area contributed by atoms with Gasteiger partial charge in [0.15, 0.2) is 0 Å². The fraction of sp³-hybridized carbons (Fsp3) is 0.391. The van der Waals surface area contributed by atoms with Crippen LogP contribution < -0.4 is 5.32 Å². The van der Waals surface area contributed by atoms with Gasteiger partial charge in [-0.15, -0.1) is 0 Å². The lowest BCUT2D eigenvalue weighted by atomic mass is 9.97. The Kier molecular flexibility index (Phi) is 5.19. The van der Waals surface area contributed by atoms with Gasteiger partial charge in [-0.25, -0.2) is 4.98 Å². The molecule has 3 unspecified atom stereocenters. The summed E-state index contributed by atoms with van der Waals surface area (Å²) in [4.78, 5) is 19.3. The van der Waals surface area contributed by atoms with Gasteiger partial charge in [0.1, 0.15) is 5.82 Å². The van der Waals surface area contributed by atoms with E-state index in [1.54, 1.807) is 6.21 Å². The minimum absolute atomic E-state index is 0.0315. The molecule has 2 bridgehead atoms. The Morgan fingerprint density at radius 3 is 2.66 bits per heavy atom. The number of rotatable bonds is 4. The highest BCUT2D eigenvalue weighted by atomic mass is 19.4. The van der Waals surface area contributed by atoms with Crippen LogP contribution in [0.4, 0.5) is 19.0 Å². The summed E-state index contributed by atoms with van der Waals surface area (Å²) in [5.74, 6) is 0.703. The number of anilines is 1. The molecule has 1 N–H and O–H groups in total. The zero-order valence-electron chi connectivity index (χ0n) is 17.2. The van der Waals surface area contributed by atoms with E-state index in [2.05, 4.69) is 20.5 Å². The van der Waals surface area contributed by atoms with E-state index >= 15 is 0 Å². The summed E-state index contributed by atoms with van der Waals surface area (Å²) in [7, 11) is 0. The molecule has 1 saturated carbocycles. The average molecular weight is 441 g/mol. The first-order valence-electron chi connectivity index (χ1n) is 10.7. The third-order valence-electron chi connectivity index (χ3n) is 6.41. The largest absolute Gasteiger partial charge is 0.417 e. The Bertz CT molecular complexity index is 1080. The number of hydrogen-bond acceptors (Lipinski definition) is 5. The van der Waals surface area contributed by atoms with Crippen molar-refractivity contribution in [3.05, 3.63) is 59.3 Å². The van der Waals surface area contributed by atoms with Gasteiger partial charge in [0.2, 0.25) is 0 Å². The monoisotopic (exact) mass is 441 g/mol. The SMILES string of the molecule is O=C(c1ccccc1C1=NN=CCC1)N1CC2CC(Nc3ccc(C(F)(F)F)cn3)C1C2. The molecule has 166 valence electrons. The molecule has 2 aliphatic heterocycles. The van der Waals surface area contributed by atoms with E-state index in [9.17, 15) is 18.0 Å². The predicted octanol–water partition coefficient (Wildman–Crippen LogP) is 4.38. The van der Waals surface area contributed by atoms with Crippen LogP contribution in [-0.2, 0) is 6.18 Å². The maximum Gasteiger partial charge on any atom is 0.417 e. The maximum absolute atomic E-state index is 13.5. The van der Waals surface area contributed by atoms with Crippen LogP contribution in [0.25, 0.3) is 0 Å². The molecule has 0 spiro atoms. The molecule has 1 aromatic carbocycles. The lowest BCUT2D eigenvalue weighted by Gasteiger charge is -2.34. The van der Waals surface area contributed by atoms with Crippen molar-refractivity contribution >= 4 is 23.7 Å². The van der Waals surface area contributed by atoms with Gasteiger partial charge in [0.25, 0.3) is 5.91 Å². The van der Waals surface area contributed by atoms with Gasteiger partial charge in [-0.05, 0) is 49.8 Å². The number of nitrogens with zero attached hydrogens (tertiary/aromatic N) is 4. The first kappa shape index (κ1) is 20.7. The summed E-state index contributed by atoms with van der Waals surface area (Å²) >= 11 is 0. The van der Waals surface area contributed by atoms with Gasteiger partial charge in [-0.2, -0.15) is 23.4 Å². The van der Waals surface area contributed by atoms with Crippen molar-refractivity contribution in [3.63, 3.8) is 0 Å². The van der Waals surface area contributed by atoms with E-state index in [1.165, 1.54) is 6.07 Å². The van der Waals surface area contributed by atoms with E-state index in [4.69, 9.17) is 0 Å². The van der Waals surface area contributed by atoms with Crippen LogP contribution in [0.5, 0.6) is 0 Å². The molecular weight excluding hydrogens is 419 g/mol. The van der Waals surface area contributed by atoms with Gasteiger partial charge in [-0.3, -0.25) is 4.79 Å². The second-order valence-corrected chi connectivity index (χ2v) is 8.47. The molecular formula is C23H22F3N5O. The topological polar surface area (TPSA) is 70.0 Å². The third kappa shape index (κ3) is 3.87. The van der Waals surface area contributed by atoms with E-state index in [1.807, 2.05) is 29.2 Å². The number of aromatic nitrogens is 1. The Balaban J connectivity index is 1.34. The normalized spacial score (nSPS) is 24.5. The summed E-state index contributed by atoms with van der Waals surface area (Å²) in [6.45, 7) is 0.682. The van der Waals surface area contributed by atoms with E-state index in [-0.39, 0.29) is 18.0 Å². The maximum atomic E-state index is 13.5. The number of alkyl halides is 3. The van der Waals surface area contributed by atoms with Crippen LogP contribution in [0.1, 0.15) is 47.2 Å². The van der Waals surface area contributed by atoms with Crippen LogP contribution in [0.3, 0.4) is 0 Å². The molecule has 3 atom stereocenters. The Labute approximate surface area is 183 Å². The van der Waals surface area contributed by atoms with Crippen molar-refractivity contribution in [2.45, 2.75) is 43.9 Å². The number of carbonyl (C=O) groups is 1. The number of piperidine rings is 1. The van der Waals surface area contributed by atoms with Gasteiger partial charge in [0.05, 0.1) is 17.3 Å². The number of likely N-dealkylation sites (tertiary alicyclic amines) is 1. The molecule has 1 aliphatic carbocycles. The molecule has 6 nitrogen and oxygen atoms in total. The number of nitrogens with one attached hydrogen (secondary N) is 1. The van der Waals surface area contributed by atoms with Crippen molar-refractivity contribution in [2.75, 3.05) is 11.9 Å². The zero-order chi connectivity index (χ0) is 22.3. The summed E-state index contributed by atoms with van der Waals surface area (Å²) in [5.41, 5.74) is 1.46. The quantitative estimate of drug-likeness (QED) is 0.765. The predicted molar refractivity (Wildman–Crippen MR) is 115 cm³/mol. The van der Waals surface area contributed by atoms with Crippen LogP contribution in [0.2, 0.25) is 0 Å². The van der Waals surface area contributed by atoms with Crippen LogP contribution in [-0.4, -0.2) is 46.3 Å².